The normalized spacial score (nSPS) is 23.6. The second kappa shape index (κ2) is 7.03. The third-order valence-electron chi connectivity index (χ3n) is 5.12. The Bertz CT molecular complexity index is 695. The van der Waals surface area contributed by atoms with E-state index in [1.54, 1.807) is 0 Å². The first-order valence-electron chi connectivity index (χ1n) is 8.02. The van der Waals surface area contributed by atoms with Crippen LogP contribution in [-0.4, -0.2) is 18.0 Å². The number of likely N-dealkylation sites (tertiary alicyclic amines) is 1. The van der Waals surface area contributed by atoms with E-state index in [9.17, 15) is 0 Å². The molecule has 4 heteroatoms. The zero-order chi connectivity index (χ0) is 15.1. The first-order chi connectivity index (χ1) is 10.7. The van der Waals surface area contributed by atoms with Crippen LogP contribution < -0.4 is 0 Å². The molecule has 4 rings (SSSR count). The highest BCUT2D eigenvalue weighted by molar-refractivity contribution is 6.42. The first kappa shape index (κ1) is 17.1. The average molecular weight is 369 g/mol. The van der Waals surface area contributed by atoms with Gasteiger partial charge in [-0.15, -0.1) is 12.4 Å². The molecule has 122 valence electrons. The van der Waals surface area contributed by atoms with Gasteiger partial charge in [-0.2, -0.15) is 0 Å². The molecule has 2 aromatic rings. The Hall–Kier alpha value is -0.730. The lowest BCUT2D eigenvalue weighted by atomic mass is 9.93. The van der Waals surface area contributed by atoms with Crippen molar-refractivity contribution in [3.05, 3.63) is 69.2 Å². The lowest BCUT2D eigenvalue weighted by molar-refractivity contribution is 0.241. The van der Waals surface area contributed by atoms with Crippen molar-refractivity contribution in [2.24, 2.45) is 0 Å². The summed E-state index contributed by atoms with van der Waals surface area (Å²) < 4.78 is 0. The van der Waals surface area contributed by atoms with Gasteiger partial charge in [-0.1, -0.05) is 53.5 Å². The molecule has 2 atom stereocenters. The van der Waals surface area contributed by atoms with Crippen LogP contribution >= 0.6 is 35.6 Å². The summed E-state index contributed by atoms with van der Waals surface area (Å²) in [5.41, 5.74) is 4.24. The van der Waals surface area contributed by atoms with Crippen molar-refractivity contribution in [1.82, 2.24) is 4.90 Å². The summed E-state index contributed by atoms with van der Waals surface area (Å²) in [6.07, 6.45) is 3.81. The van der Waals surface area contributed by atoms with Crippen LogP contribution in [0.1, 0.15) is 47.9 Å². The van der Waals surface area contributed by atoms with Crippen LogP contribution in [-0.2, 0) is 0 Å². The van der Waals surface area contributed by atoms with E-state index in [1.807, 2.05) is 12.1 Å². The number of fused-ring (bicyclic) bond motifs is 1. The Morgan fingerprint density at radius 2 is 1.57 bits per heavy atom. The number of hydrogen-bond donors (Lipinski definition) is 0. The van der Waals surface area contributed by atoms with Gasteiger partial charge in [0.1, 0.15) is 0 Å². The van der Waals surface area contributed by atoms with Gasteiger partial charge in [0.25, 0.3) is 0 Å². The zero-order valence-electron chi connectivity index (χ0n) is 12.8. The second-order valence-corrected chi connectivity index (χ2v) is 7.16. The van der Waals surface area contributed by atoms with Crippen molar-refractivity contribution in [3.8, 4) is 0 Å². The molecule has 0 N–H and O–H groups in total. The molecule has 0 radical (unpaired) electrons. The maximum Gasteiger partial charge on any atom is 0.0595 e. The molecule has 2 aliphatic rings. The minimum Gasteiger partial charge on any atom is -0.296 e. The highest BCUT2D eigenvalue weighted by Crippen LogP contribution is 2.48. The van der Waals surface area contributed by atoms with E-state index in [0.717, 1.165) is 6.42 Å². The Morgan fingerprint density at radius 3 is 2.26 bits per heavy atom. The van der Waals surface area contributed by atoms with Crippen LogP contribution in [0.4, 0.5) is 0 Å². The summed E-state index contributed by atoms with van der Waals surface area (Å²) in [6, 6.07) is 15.5. The Labute approximate surface area is 154 Å². The predicted octanol–water partition coefficient (Wildman–Crippen LogP) is 6.09. The highest BCUT2D eigenvalue weighted by atomic mass is 35.5. The Morgan fingerprint density at radius 1 is 0.870 bits per heavy atom. The van der Waals surface area contributed by atoms with E-state index in [4.69, 9.17) is 23.2 Å². The van der Waals surface area contributed by atoms with Crippen LogP contribution in [0.25, 0.3) is 0 Å². The first-order valence-corrected chi connectivity index (χ1v) is 8.77. The minimum atomic E-state index is 0. The van der Waals surface area contributed by atoms with Crippen molar-refractivity contribution in [2.45, 2.75) is 31.2 Å². The molecule has 1 saturated heterocycles. The quantitative estimate of drug-likeness (QED) is 0.620. The van der Waals surface area contributed by atoms with Gasteiger partial charge in [-0.05, 0) is 61.2 Å². The number of halogens is 3. The SMILES string of the molecule is Cl.Clc1ccc(C2CC(N3CCCC3)c3ccccc32)cc1Cl. The van der Waals surface area contributed by atoms with E-state index >= 15 is 0 Å². The van der Waals surface area contributed by atoms with Gasteiger partial charge in [-0.25, -0.2) is 0 Å². The highest BCUT2D eigenvalue weighted by Gasteiger charge is 2.35. The average Bonchev–Trinajstić information content (AvgIpc) is 3.17. The molecular formula is C19H20Cl3N. The molecule has 23 heavy (non-hydrogen) atoms. The van der Waals surface area contributed by atoms with Gasteiger partial charge in [0.15, 0.2) is 0 Å². The van der Waals surface area contributed by atoms with Gasteiger partial charge in [0.05, 0.1) is 10.0 Å². The molecular weight excluding hydrogens is 349 g/mol. The van der Waals surface area contributed by atoms with Gasteiger partial charge in [-0.3, -0.25) is 4.90 Å². The summed E-state index contributed by atoms with van der Waals surface area (Å²) >= 11 is 12.3. The monoisotopic (exact) mass is 367 g/mol. The summed E-state index contributed by atoms with van der Waals surface area (Å²) in [6.45, 7) is 2.46. The van der Waals surface area contributed by atoms with Crippen molar-refractivity contribution < 1.29 is 0 Å². The van der Waals surface area contributed by atoms with Crippen molar-refractivity contribution in [3.63, 3.8) is 0 Å². The molecule has 0 bridgehead atoms. The molecule has 1 nitrogen and oxygen atoms in total. The molecule has 1 fully saturated rings. The maximum absolute atomic E-state index is 6.24. The minimum absolute atomic E-state index is 0. The van der Waals surface area contributed by atoms with Crippen LogP contribution in [0.5, 0.6) is 0 Å². The van der Waals surface area contributed by atoms with Gasteiger partial charge in [0.2, 0.25) is 0 Å². The van der Waals surface area contributed by atoms with Crippen LogP contribution in [0.3, 0.4) is 0 Å². The van der Waals surface area contributed by atoms with Crippen LogP contribution in [0.15, 0.2) is 42.5 Å². The van der Waals surface area contributed by atoms with Crippen LogP contribution in [0, 0.1) is 0 Å². The number of rotatable bonds is 2. The fourth-order valence-corrected chi connectivity index (χ4v) is 4.36. The van der Waals surface area contributed by atoms with Gasteiger partial charge in [0, 0.05) is 12.0 Å². The van der Waals surface area contributed by atoms with Crippen LogP contribution in [0.2, 0.25) is 10.0 Å². The third-order valence-corrected chi connectivity index (χ3v) is 5.86. The number of hydrogen-bond acceptors (Lipinski definition) is 1. The second-order valence-electron chi connectivity index (χ2n) is 6.35. The zero-order valence-corrected chi connectivity index (χ0v) is 15.2. The van der Waals surface area contributed by atoms with Gasteiger partial charge >= 0.3 is 0 Å². The van der Waals surface area contributed by atoms with Crippen molar-refractivity contribution in [2.75, 3.05) is 13.1 Å². The van der Waals surface area contributed by atoms with E-state index < -0.39 is 0 Å². The molecule has 2 aromatic carbocycles. The summed E-state index contributed by atoms with van der Waals surface area (Å²) in [5, 5.41) is 1.29. The predicted molar refractivity (Wildman–Crippen MR) is 100 cm³/mol. The smallest absolute Gasteiger partial charge is 0.0595 e. The summed E-state index contributed by atoms with van der Waals surface area (Å²) in [5.74, 6) is 0.427. The van der Waals surface area contributed by atoms with Gasteiger partial charge < -0.3 is 0 Å². The fourth-order valence-electron chi connectivity index (χ4n) is 4.05. The molecule has 1 heterocycles. The van der Waals surface area contributed by atoms with E-state index in [-0.39, 0.29) is 12.4 Å². The molecule has 2 unspecified atom stereocenters. The molecule has 1 aliphatic carbocycles. The summed E-state index contributed by atoms with van der Waals surface area (Å²) in [7, 11) is 0. The largest absolute Gasteiger partial charge is 0.296 e. The summed E-state index contributed by atoms with van der Waals surface area (Å²) in [4.78, 5) is 2.65. The molecule has 0 spiro atoms. The Kier molecular flexibility index (Phi) is 5.22. The lowest BCUT2D eigenvalue weighted by Gasteiger charge is -2.24. The topological polar surface area (TPSA) is 3.24 Å². The van der Waals surface area contributed by atoms with Crippen molar-refractivity contribution >= 4 is 35.6 Å². The lowest BCUT2D eigenvalue weighted by Crippen LogP contribution is -2.23. The van der Waals surface area contributed by atoms with Crippen molar-refractivity contribution in [1.29, 1.82) is 0 Å². The fraction of sp³-hybridized carbons (Fsp3) is 0.368. The maximum atomic E-state index is 6.24. The molecule has 0 amide bonds. The van der Waals surface area contributed by atoms with E-state index in [0.29, 0.717) is 22.0 Å². The van der Waals surface area contributed by atoms with E-state index in [2.05, 4.69) is 35.2 Å². The molecule has 1 aliphatic heterocycles. The Balaban J connectivity index is 0.00000156. The third kappa shape index (κ3) is 3.13. The van der Waals surface area contributed by atoms with E-state index in [1.165, 1.54) is 42.6 Å². The molecule has 0 saturated carbocycles. The molecule has 0 aromatic heterocycles. The number of benzene rings is 2. The standard InChI is InChI=1S/C19H19Cl2N.ClH/c20-17-8-7-13(11-18(17)21)16-12-19(22-9-3-4-10-22)15-6-2-1-5-14(15)16;/h1-2,5-8,11,16,19H,3-4,9-10,12H2;1H. The number of nitrogens with zero attached hydrogens (tertiary/aromatic N) is 1.